The summed E-state index contributed by atoms with van der Waals surface area (Å²) in [5.74, 6) is 1.32. The highest BCUT2D eigenvalue weighted by atomic mass is 16.5. The van der Waals surface area contributed by atoms with Crippen LogP contribution >= 0.6 is 0 Å². The van der Waals surface area contributed by atoms with Gasteiger partial charge >= 0.3 is 0 Å². The quantitative estimate of drug-likeness (QED) is 0.877. The van der Waals surface area contributed by atoms with Crippen molar-refractivity contribution in [1.82, 2.24) is 9.97 Å². The van der Waals surface area contributed by atoms with Crippen molar-refractivity contribution in [1.29, 1.82) is 0 Å². The summed E-state index contributed by atoms with van der Waals surface area (Å²) in [4.78, 5) is 8.61. The number of hydrogen-bond acceptors (Lipinski definition) is 4. The van der Waals surface area contributed by atoms with Crippen molar-refractivity contribution >= 4 is 5.95 Å². The largest absolute Gasteiger partial charge is 0.481 e. The van der Waals surface area contributed by atoms with Gasteiger partial charge in [0.2, 0.25) is 11.8 Å². The van der Waals surface area contributed by atoms with Crippen LogP contribution in [0.3, 0.4) is 0 Å². The minimum Gasteiger partial charge on any atom is -0.481 e. The zero-order valence-electron chi connectivity index (χ0n) is 11.3. The second kappa shape index (κ2) is 7.09. The van der Waals surface area contributed by atoms with Gasteiger partial charge in [-0.1, -0.05) is 26.7 Å². The first-order valence-corrected chi connectivity index (χ1v) is 6.44. The van der Waals surface area contributed by atoms with E-state index in [1.165, 1.54) is 25.7 Å². The molecule has 2 rings (SSSR count). The third kappa shape index (κ3) is 4.21. The minimum atomic E-state index is 0.538. The van der Waals surface area contributed by atoms with Crippen LogP contribution in [0.5, 0.6) is 5.88 Å². The summed E-state index contributed by atoms with van der Waals surface area (Å²) in [6.07, 6.45) is 5.06. The fraction of sp³-hybridized carbons (Fsp3) is 0.692. The fourth-order valence-electron chi connectivity index (χ4n) is 1.96. The van der Waals surface area contributed by atoms with Crippen LogP contribution in [-0.2, 0) is 0 Å². The lowest BCUT2D eigenvalue weighted by Crippen LogP contribution is -2.17. The Kier molecular flexibility index (Phi) is 5.73. The molecule has 0 bridgehead atoms. The molecule has 1 saturated carbocycles. The lowest BCUT2D eigenvalue weighted by Gasteiger charge is -2.12. The smallest absolute Gasteiger partial charge is 0.226 e. The maximum absolute atomic E-state index is 5.11. The van der Waals surface area contributed by atoms with Crippen LogP contribution < -0.4 is 10.1 Å². The highest BCUT2D eigenvalue weighted by Crippen LogP contribution is 2.21. The van der Waals surface area contributed by atoms with E-state index in [0.29, 0.717) is 17.9 Å². The number of nitrogens with zero attached hydrogens (tertiary/aromatic N) is 2. The van der Waals surface area contributed by atoms with Gasteiger partial charge in [0.05, 0.1) is 7.11 Å². The summed E-state index contributed by atoms with van der Waals surface area (Å²) >= 11 is 0. The predicted molar refractivity (Wildman–Crippen MR) is 70.5 cm³/mol. The van der Waals surface area contributed by atoms with Crippen molar-refractivity contribution in [2.24, 2.45) is 0 Å². The Bertz CT molecular complexity index is 335. The number of hydrogen-bond donors (Lipinski definition) is 1. The first-order chi connectivity index (χ1) is 8.28. The second-order valence-electron chi connectivity index (χ2n) is 4.00. The first kappa shape index (κ1) is 13.7. The number of rotatable bonds is 3. The van der Waals surface area contributed by atoms with Crippen LogP contribution in [0.25, 0.3) is 0 Å². The van der Waals surface area contributed by atoms with Crippen LogP contribution in [-0.4, -0.2) is 23.1 Å². The molecule has 17 heavy (non-hydrogen) atoms. The maximum Gasteiger partial charge on any atom is 0.226 e. The summed E-state index contributed by atoms with van der Waals surface area (Å²) in [6.45, 7) is 5.95. The zero-order valence-corrected chi connectivity index (χ0v) is 11.3. The molecule has 1 aliphatic carbocycles. The molecule has 4 nitrogen and oxygen atoms in total. The average molecular weight is 237 g/mol. The molecule has 0 unspecified atom stereocenters. The Morgan fingerprint density at radius 2 is 1.88 bits per heavy atom. The number of ether oxygens (including phenoxy) is 1. The number of aromatic nitrogens is 2. The van der Waals surface area contributed by atoms with Gasteiger partial charge in [-0.05, 0) is 19.8 Å². The highest BCUT2D eigenvalue weighted by Gasteiger charge is 2.15. The molecule has 0 aliphatic heterocycles. The van der Waals surface area contributed by atoms with Crippen molar-refractivity contribution in [2.45, 2.75) is 52.5 Å². The molecule has 1 aromatic rings. The molecule has 0 radical (unpaired) electrons. The topological polar surface area (TPSA) is 47.0 Å². The van der Waals surface area contributed by atoms with Crippen LogP contribution in [0.15, 0.2) is 6.07 Å². The molecule has 1 fully saturated rings. The van der Waals surface area contributed by atoms with E-state index in [2.05, 4.69) is 15.3 Å². The Balaban J connectivity index is 0.000000686. The summed E-state index contributed by atoms with van der Waals surface area (Å²) in [6, 6.07) is 2.37. The van der Waals surface area contributed by atoms with E-state index in [1.54, 1.807) is 7.11 Å². The standard InChI is InChI=1S/C11H17N3O.C2H6/c1-8-7-10(15-2)14-11(12-8)13-9-5-3-4-6-9;1-2/h7,9H,3-6H2,1-2H3,(H,12,13,14);1-2H3. The van der Waals surface area contributed by atoms with Gasteiger partial charge < -0.3 is 10.1 Å². The van der Waals surface area contributed by atoms with Gasteiger partial charge in [0.1, 0.15) is 0 Å². The van der Waals surface area contributed by atoms with Crippen molar-refractivity contribution < 1.29 is 4.74 Å². The van der Waals surface area contributed by atoms with Crippen LogP contribution in [0.4, 0.5) is 5.95 Å². The Morgan fingerprint density at radius 1 is 1.24 bits per heavy atom. The van der Waals surface area contributed by atoms with Crippen molar-refractivity contribution in [3.8, 4) is 5.88 Å². The van der Waals surface area contributed by atoms with Gasteiger partial charge in [-0.3, -0.25) is 0 Å². The third-order valence-electron chi connectivity index (χ3n) is 2.73. The zero-order chi connectivity index (χ0) is 12.7. The molecule has 1 N–H and O–H groups in total. The average Bonchev–Trinajstić information content (AvgIpc) is 2.83. The number of nitrogens with one attached hydrogen (secondary N) is 1. The molecule has 1 heterocycles. The van der Waals surface area contributed by atoms with Crippen LogP contribution in [0.2, 0.25) is 0 Å². The molecule has 0 atom stereocenters. The Hall–Kier alpha value is -1.32. The van der Waals surface area contributed by atoms with Crippen LogP contribution in [0.1, 0.15) is 45.2 Å². The number of anilines is 1. The summed E-state index contributed by atoms with van der Waals surface area (Å²) in [5, 5.41) is 3.35. The van der Waals surface area contributed by atoms with E-state index in [0.717, 1.165) is 5.69 Å². The van der Waals surface area contributed by atoms with Crippen molar-refractivity contribution in [3.05, 3.63) is 11.8 Å². The van der Waals surface area contributed by atoms with Gasteiger partial charge in [-0.15, -0.1) is 0 Å². The van der Waals surface area contributed by atoms with E-state index >= 15 is 0 Å². The maximum atomic E-state index is 5.11. The lowest BCUT2D eigenvalue weighted by molar-refractivity contribution is 0.397. The number of aryl methyl sites for hydroxylation is 1. The van der Waals surface area contributed by atoms with Gasteiger partial charge in [-0.2, -0.15) is 4.98 Å². The normalized spacial score (nSPS) is 15.1. The number of methoxy groups -OCH3 is 1. The molecule has 0 saturated heterocycles. The van der Waals surface area contributed by atoms with Gasteiger partial charge in [0.15, 0.2) is 0 Å². The second-order valence-corrected chi connectivity index (χ2v) is 4.00. The highest BCUT2D eigenvalue weighted by molar-refractivity contribution is 5.31. The van der Waals surface area contributed by atoms with Crippen LogP contribution in [0, 0.1) is 6.92 Å². The summed E-state index contributed by atoms with van der Waals surface area (Å²) < 4.78 is 5.11. The van der Waals surface area contributed by atoms with Gasteiger partial charge in [0.25, 0.3) is 0 Å². The molecule has 96 valence electrons. The van der Waals surface area contributed by atoms with E-state index in [-0.39, 0.29) is 0 Å². The SMILES string of the molecule is CC.COc1cc(C)nc(NC2CCCC2)n1. The molecule has 4 heteroatoms. The lowest BCUT2D eigenvalue weighted by atomic mass is 10.2. The van der Waals surface area contributed by atoms with E-state index in [1.807, 2.05) is 26.8 Å². The van der Waals surface area contributed by atoms with Gasteiger partial charge in [0, 0.05) is 17.8 Å². The summed E-state index contributed by atoms with van der Waals surface area (Å²) in [7, 11) is 1.63. The molecular weight excluding hydrogens is 214 g/mol. The molecule has 0 spiro atoms. The molecule has 1 aliphatic rings. The molecule has 0 aromatic carbocycles. The predicted octanol–water partition coefficient (Wildman–Crippen LogP) is 3.17. The first-order valence-electron chi connectivity index (χ1n) is 6.44. The molecular formula is C13H23N3O. The monoisotopic (exact) mass is 237 g/mol. The third-order valence-corrected chi connectivity index (χ3v) is 2.73. The molecule has 0 amide bonds. The Labute approximate surface area is 104 Å². The van der Waals surface area contributed by atoms with Crippen molar-refractivity contribution in [2.75, 3.05) is 12.4 Å². The van der Waals surface area contributed by atoms with E-state index in [4.69, 9.17) is 4.74 Å². The van der Waals surface area contributed by atoms with E-state index < -0.39 is 0 Å². The van der Waals surface area contributed by atoms with Crippen molar-refractivity contribution in [3.63, 3.8) is 0 Å². The minimum absolute atomic E-state index is 0.538. The molecule has 1 aromatic heterocycles. The fourth-order valence-corrected chi connectivity index (χ4v) is 1.96. The summed E-state index contributed by atoms with van der Waals surface area (Å²) in [5.41, 5.74) is 0.933. The van der Waals surface area contributed by atoms with Gasteiger partial charge in [-0.25, -0.2) is 4.98 Å². The Morgan fingerprint density at radius 3 is 2.47 bits per heavy atom. The van der Waals surface area contributed by atoms with E-state index in [9.17, 15) is 0 Å².